The van der Waals surface area contributed by atoms with Crippen molar-refractivity contribution in [2.24, 2.45) is 0 Å². The van der Waals surface area contributed by atoms with Crippen molar-refractivity contribution in [2.75, 3.05) is 5.75 Å². The molecule has 3 rings (SSSR count). The highest BCUT2D eigenvalue weighted by molar-refractivity contribution is 8.02. The molecule has 0 aliphatic rings. The molecular weight excluding hydrogens is 282 g/mol. The fraction of sp³-hybridized carbons (Fsp3) is 0.118. The van der Waals surface area contributed by atoms with Crippen molar-refractivity contribution in [1.82, 2.24) is 4.98 Å². The number of rotatable bonds is 4. The van der Waals surface area contributed by atoms with Gasteiger partial charge in [-0.3, -0.25) is 0 Å². The Balaban J connectivity index is 2.05. The molecule has 0 unspecified atom stereocenters. The number of hydrogen-bond acceptors (Lipinski definition) is 3. The Hall–Kier alpha value is -1.45. The van der Waals surface area contributed by atoms with E-state index in [0.717, 1.165) is 16.3 Å². The smallest absolute Gasteiger partial charge is 0.111 e. The number of fused-ring (bicyclic) bond motifs is 1. The van der Waals surface area contributed by atoms with Gasteiger partial charge in [-0.2, -0.15) is 0 Å². The van der Waals surface area contributed by atoms with Crippen LogP contribution in [0.3, 0.4) is 0 Å². The van der Waals surface area contributed by atoms with Crippen LogP contribution in [-0.4, -0.2) is 10.7 Å². The minimum atomic E-state index is 1.04. The van der Waals surface area contributed by atoms with E-state index in [9.17, 15) is 0 Å². The lowest BCUT2D eigenvalue weighted by Gasteiger charge is -2.09. The standard InChI is InChI=1S/C17H15NS2/c1-2-19-17-16(20-14-9-4-3-5-10-14)12-13-8-6-7-11-15(13)18-17/h3-12H,2H2,1H3. The summed E-state index contributed by atoms with van der Waals surface area (Å²) in [4.78, 5) is 7.29. The van der Waals surface area contributed by atoms with Gasteiger partial charge in [-0.05, 0) is 30.0 Å². The molecule has 0 saturated heterocycles. The second kappa shape index (κ2) is 6.33. The molecule has 0 aliphatic carbocycles. The highest BCUT2D eigenvalue weighted by Crippen LogP contribution is 2.36. The molecule has 0 aliphatic heterocycles. The Morgan fingerprint density at radius 1 is 0.950 bits per heavy atom. The van der Waals surface area contributed by atoms with Crippen molar-refractivity contribution in [3.63, 3.8) is 0 Å². The van der Waals surface area contributed by atoms with E-state index >= 15 is 0 Å². The molecule has 2 aromatic carbocycles. The maximum absolute atomic E-state index is 4.80. The second-order valence-electron chi connectivity index (χ2n) is 4.33. The van der Waals surface area contributed by atoms with E-state index < -0.39 is 0 Å². The molecule has 0 N–H and O–H groups in total. The monoisotopic (exact) mass is 297 g/mol. The molecule has 0 atom stereocenters. The van der Waals surface area contributed by atoms with Gasteiger partial charge in [-0.25, -0.2) is 4.98 Å². The summed E-state index contributed by atoms with van der Waals surface area (Å²) in [5.74, 6) is 1.04. The van der Waals surface area contributed by atoms with Crippen LogP contribution in [0, 0.1) is 0 Å². The average Bonchev–Trinajstić information content (AvgIpc) is 2.49. The zero-order chi connectivity index (χ0) is 13.8. The van der Waals surface area contributed by atoms with Crippen molar-refractivity contribution in [1.29, 1.82) is 0 Å². The van der Waals surface area contributed by atoms with E-state index in [1.165, 1.54) is 15.2 Å². The van der Waals surface area contributed by atoms with Gasteiger partial charge >= 0.3 is 0 Å². The molecule has 3 aromatic rings. The lowest BCUT2D eigenvalue weighted by molar-refractivity contribution is 1.08. The zero-order valence-corrected chi connectivity index (χ0v) is 12.9. The summed E-state index contributed by atoms with van der Waals surface area (Å²) < 4.78 is 0. The number of pyridine rings is 1. The first-order valence-corrected chi connectivity index (χ1v) is 8.42. The Morgan fingerprint density at radius 2 is 1.70 bits per heavy atom. The number of aromatic nitrogens is 1. The van der Waals surface area contributed by atoms with Gasteiger partial charge in [-0.15, -0.1) is 11.8 Å². The summed E-state index contributed by atoms with van der Waals surface area (Å²) in [5, 5.41) is 2.33. The maximum atomic E-state index is 4.80. The number of para-hydroxylation sites is 1. The molecular formula is C17H15NS2. The predicted molar refractivity (Wildman–Crippen MR) is 88.7 cm³/mol. The van der Waals surface area contributed by atoms with Gasteiger partial charge in [0.05, 0.1) is 5.52 Å². The van der Waals surface area contributed by atoms with Gasteiger partial charge in [-0.1, -0.05) is 55.1 Å². The topological polar surface area (TPSA) is 12.9 Å². The third-order valence-corrected chi connectivity index (χ3v) is 4.95. The number of nitrogens with zero attached hydrogens (tertiary/aromatic N) is 1. The molecule has 3 heteroatoms. The zero-order valence-electron chi connectivity index (χ0n) is 11.2. The van der Waals surface area contributed by atoms with Crippen LogP contribution in [0.2, 0.25) is 0 Å². The molecule has 0 spiro atoms. The minimum Gasteiger partial charge on any atom is -0.240 e. The molecule has 0 amide bonds. The fourth-order valence-corrected chi connectivity index (χ4v) is 3.81. The molecule has 0 saturated carbocycles. The highest BCUT2D eigenvalue weighted by atomic mass is 32.2. The lowest BCUT2D eigenvalue weighted by atomic mass is 10.2. The van der Waals surface area contributed by atoms with Crippen LogP contribution in [0.5, 0.6) is 0 Å². The quantitative estimate of drug-likeness (QED) is 0.590. The average molecular weight is 297 g/mol. The first kappa shape index (κ1) is 13.5. The fourth-order valence-electron chi connectivity index (χ4n) is 2.01. The van der Waals surface area contributed by atoms with Crippen molar-refractivity contribution in [3.05, 3.63) is 60.7 Å². The molecule has 1 aromatic heterocycles. The third kappa shape index (κ3) is 3.00. The van der Waals surface area contributed by atoms with Crippen LogP contribution in [0.4, 0.5) is 0 Å². The van der Waals surface area contributed by atoms with Gasteiger partial charge in [0.1, 0.15) is 5.03 Å². The van der Waals surface area contributed by atoms with Crippen molar-refractivity contribution >= 4 is 34.4 Å². The highest BCUT2D eigenvalue weighted by Gasteiger charge is 2.08. The summed E-state index contributed by atoms with van der Waals surface area (Å²) in [7, 11) is 0. The van der Waals surface area contributed by atoms with Crippen LogP contribution in [0.1, 0.15) is 6.92 Å². The maximum Gasteiger partial charge on any atom is 0.111 e. The van der Waals surface area contributed by atoms with Crippen molar-refractivity contribution < 1.29 is 0 Å². The largest absolute Gasteiger partial charge is 0.240 e. The van der Waals surface area contributed by atoms with Gasteiger partial charge in [0.2, 0.25) is 0 Å². The Kier molecular flexibility index (Phi) is 4.28. The normalized spacial score (nSPS) is 10.8. The van der Waals surface area contributed by atoms with E-state index in [0.29, 0.717) is 0 Å². The van der Waals surface area contributed by atoms with E-state index in [1.54, 1.807) is 23.5 Å². The summed E-state index contributed by atoms with van der Waals surface area (Å²) in [6.45, 7) is 2.17. The van der Waals surface area contributed by atoms with Crippen LogP contribution >= 0.6 is 23.5 Å². The van der Waals surface area contributed by atoms with E-state index in [1.807, 2.05) is 12.1 Å². The minimum absolute atomic E-state index is 1.04. The third-order valence-electron chi connectivity index (χ3n) is 2.91. The van der Waals surface area contributed by atoms with Gasteiger partial charge in [0, 0.05) is 15.2 Å². The van der Waals surface area contributed by atoms with Gasteiger partial charge in [0.15, 0.2) is 0 Å². The molecule has 0 radical (unpaired) electrons. The molecule has 0 bridgehead atoms. The van der Waals surface area contributed by atoms with Crippen LogP contribution in [-0.2, 0) is 0 Å². The first-order valence-electron chi connectivity index (χ1n) is 6.62. The van der Waals surface area contributed by atoms with Crippen LogP contribution in [0.25, 0.3) is 10.9 Å². The first-order chi connectivity index (χ1) is 9.86. The summed E-state index contributed by atoms with van der Waals surface area (Å²) in [5.41, 5.74) is 1.07. The SMILES string of the molecule is CCSc1nc2ccccc2cc1Sc1ccccc1. The van der Waals surface area contributed by atoms with Crippen molar-refractivity contribution in [2.45, 2.75) is 21.7 Å². The summed E-state index contributed by atoms with van der Waals surface area (Å²) in [6, 6.07) is 21.0. The predicted octanol–water partition coefficient (Wildman–Crippen LogP) is 5.50. The Morgan fingerprint density at radius 3 is 2.50 bits per heavy atom. The van der Waals surface area contributed by atoms with Gasteiger partial charge < -0.3 is 0 Å². The molecule has 1 nitrogen and oxygen atoms in total. The van der Waals surface area contributed by atoms with Crippen molar-refractivity contribution in [3.8, 4) is 0 Å². The van der Waals surface area contributed by atoms with E-state index in [-0.39, 0.29) is 0 Å². The number of hydrogen-bond donors (Lipinski definition) is 0. The summed E-state index contributed by atoms with van der Waals surface area (Å²) >= 11 is 3.59. The molecule has 100 valence electrons. The second-order valence-corrected chi connectivity index (χ2v) is 6.70. The van der Waals surface area contributed by atoms with E-state index in [2.05, 4.69) is 55.5 Å². The molecule has 0 fully saturated rings. The van der Waals surface area contributed by atoms with Crippen LogP contribution in [0.15, 0.2) is 75.5 Å². The lowest BCUT2D eigenvalue weighted by Crippen LogP contribution is -1.88. The Labute approximate surface area is 127 Å². The number of thioether (sulfide) groups is 1. The molecule has 1 heterocycles. The summed E-state index contributed by atoms with van der Waals surface area (Å²) in [6.07, 6.45) is 0. The number of benzene rings is 2. The molecule has 20 heavy (non-hydrogen) atoms. The van der Waals surface area contributed by atoms with Crippen LogP contribution < -0.4 is 0 Å². The van der Waals surface area contributed by atoms with E-state index in [4.69, 9.17) is 4.98 Å². The Bertz CT molecular complexity index is 711. The van der Waals surface area contributed by atoms with Gasteiger partial charge in [0.25, 0.3) is 0 Å².